The Balaban J connectivity index is 1.38. The highest BCUT2D eigenvalue weighted by Gasteiger charge is 2.54. The molecule has 4 N–H and O–H groups in total. The summed E-state index contributed by atoms with van der Waals surface area (Å²) in [5, 5.41) is 20.1. The lowest BCUT2D eigenvalue weighted by Gasteiger charge is -2.49. The van der Waals surface area contributed by atoms with Crippen LogP contribution in [0.15, 0.2) is 41.0 Å². The van der Waals surface area contributed by atoms with E-state index in [1.165, 1.54) is 23.8 Å². The van der Waals surface area contributed by atoms with Gasteiger partial charge >= 0.3 is 5.97 Å². The van der Waals surface area contributed by atoms with Gasteiger partial charge in [-0.05, 0) is 13.0 Å². The first-order chi connectivity index (χ1) is 17.3. The quantitative estimate of drug-likeness (QED) is 0.151. The molecule has 0 unspecified atom stereocenters. The maximum absolute atomic E-state index is 13.0. The Labute approximate surface area is 211 Å². The molecule has 3 aromatic rings. The molecule has 2 atom stereocenters. The van der Waals surface area contributed by atoms with Crippen LogP contribution < -0.4 is 15.6 Å². The molecule has 2 amide bonds. The van der Waals surface area contributed by atoms with Crippen molar-refractivity contribution in [1.29, 1.82) is 0 Å². The number of anilines is 1. The predicted octanol–water partition coefficient (Wildman–Crippen LogP) is -0.847. The molecular weight excluding hydrogens is 510 g/mol. The van der Waals surface area contributed by atoms with E-state index >= 15 is 0 Å². The molecule has 2 aliphatic heterocycles. The topological polar surface area (TPSA) is 181 Å². The van der Waals surface area contributed by atoms with Gasteiger partial charge in [0.15, 0.2) is 5.13 Å². The summed E-state index contributed by atoms with van der Waals surface area (Å²) >= 11 is 2.24. The normalized spacial score (nSPS) is 19.8. The number of oxime groups is 1. The van der Waals surface area contributed by atoms with Gasteiger partial charge in [-0.2, -0.15) is 9.36 Å². The molecule has 0 radical (unpaired) electrons. The van der Waals surface area contributed by atoms with Crippen molar-refractivity contribution in [2.45, 2.75) is 24.9 Å². The molecule has 5 heterocycles. The number of aryl methyl sites for hydroxylation is 1. The number of carbonyl (C=O) groups excluding carboxylic acids is 2. The predicted molar refractivity (Wildman–Crippen MR) is 128 cm³/mol. The van der Waals surface area contributed by atoms with Gasteiger partial charge in [0.1, 0.15) is 29.9 Å². The summed E-state index contributed by atoms with van der Waals surface area (Å²) in [7, 11) is 1.25. The van der Waals surface area contributed by atoms with Crippen LogP contribution in [0.3, 0.4) is 0 Å². The fourth-order valence-electron chi connectivity index (χ4n) is 4.08. The molecule has 0 bridgehead atoms. The molecule has 16 heteroatoms. The van der Waals surface area contributed by atoms with Crippen molar-refractivity contribution in [3.8, 4) is 0 Å². The van der Waals surface area contributed by atoms with Crippen LogP contribution in [0, 0.1) is 6.92 Å². The van der Waals surface area contributed by atoms with Crippen molar-refractivity contribution < 1.29 is 28.9 Å². The molecule has 36 heavy (non-hydrogen) atoms. The third-order valence-electron chi connectivity index (χ3n) is 5.68. The summed E-state index contributed by atoms with van der Waals surface area (Å²) in [6, 6.07) is 4.74. The Morgan fingerprint density at radius 1 is 1.42 bits per heavy atom. The SMILES string of the molecule is CO/N=C(/C(=O)N[C@@H]1C(=O)N2C(C(=O)O)=C(C[n+]3cnn4c(C)cccc43)CS[C@H]12)c1nsc(N)n1. The van der Waals surface area contributed by atoms with Crippen molar-refractivity contribution in [1.82, 2.24) is 29.2 Å². The van der Waals surface area contributed by atoms with Gasteiger partial charge in [0.2, 0.25) is 11.5 Å². The number of thioether (sulfide) groups is 1. The number of nitrogens with two attached hydrogens (primary N) is 1. The number of β-lactam (4-membered cyclic amide) rings is 1. The van der Waals surface area contributed by atoms with Crippen LogP contribution in [0.2, 0.25) is 0 Å². The second-order valence-electron chi connectivity index (χ2n) is 7.89. The number of hydrogen-bond acceptors (Lipinski definition) is 11. The van der Waals surface area contributed by atoms with Crippen LogP contribution in [-0.4, -0.2) is 76.8 Å². The highest BCUT2D eigenvalue weighted by molar-refractivity contribution is 8.00. The van der Waals surface area contributed by atoms with Gasteiger partial charge in [0.25, 0.3) is 23.8 Å². The molecule has 1 saturated heterocycles. The van der Waals surface area contributed by atoms with Gasteiger partial charge in [-0.25, -0.2) is 9.36 Å². The van der Waals surface area contributed by atoms with Crippen LogP contribution in [0.1, 0.15) is 11.5 Å². The standard InChI is InChI=1S/C20H19N9O5S2/c1-9-4-3-5-11-27(8-22-29(9)11)6-10-7-35-18-13(17(31)28(18)14(10)19(32)33)23-16(30)12(25-34-2)15-24-20(21)36-26-15/h3-5,8,13,18H,6-7H2,1-2H3,(H3-,21,23,24,26,30,32,33)/p+1/b25-12+/t13-,18-/m1/s1. The van der Waals surface area contributed by atoms with E-state index in [2.05, 4.69) is 24.9 Å². The van der Waals surface area contributed by atoms with E-state index in [1.807, 2.05) is 29.7 Å². The van der Waals surface area contributed by atoms with E-state index in [0.717, 1.165) is 22.9 Å². The summed E-state index contributed by atoms with van der Waals surface area (Å²) < 4.78 is 7.54. The number of carbonyl (C=O) groups is 3. The number of amides is 2. The number of hydrogen-bond donors (Lipinski definition) is 3. The zero-order valence-corrected chi connectivity index (χ0v) is 20.6. The van der Waals surface area contributed by atoms with Crippen LogP contribution in [0.25, 0.3) is 5.65 Å². The van der Waals surface area contributed by atoms with Crippen molar-refractivity contribution in [3.63, 3.8) is 0 Å². The second-order valence-corrected chi connectivity index (χ2v) is 9.78. The molecule has 0 aromatic carbocycles. The zero-order chi connectivity index (χ0) is 25.6. The Bertz CT molecular complexity index is 1460. The van der Waals surface area contributed by atoms with Crippen LogP contribution >= 0.6 is 23.3 Å². The molecule has 3 aromatic heterocycles. The first kappa shape index (κ1) is 23.7. The molecule has 186 valence electrons. The van der Waals surface area contributed by atoms with E-state index in [9.17, 15) is 19.5 Å². The summed E-state index contributed by atoms with van der Waals surface area (Å²) in [6.07, 6.45) is 1.63. The fraction of sp³-hybridized carbons (Fsp3) is 0.300. The number of nitrogens with zero attached hydrogens (tertiary/aromatic N) is 7. The second kappa shape index (κ2) is 9.19. The fourth-order valence-corrected chi connectivity index (χ4v) is 5.85. The number of aliphatic carboxylic acids is 1. The van der Waals surface area contributed by atoms with Crippen LogP contribution in [0.4, 0.5) is 5.13 Å². The van der Waals surface area contributed by atoms with Crippen LogP contribution in [0.5, 0.6) is 0 Å². The lowest BCUT2D eigenvalue weighted by molar-refractivity contribution is -0.664. The van der Waals surface area contributed by atoms with Crippen molar-refractivity contribution in [3.05, 3.63) is 47.3 Å². The number of carboxylic acid groups (broad SMARTS) is 1. The minimum Gasteiger partial charge on any atom is -0.477 e. The van der Waals surface area contributed by atoms with Gasteiger partial charge in [-0.15, -0.1) is 11.8 Å². The number of rotatable bonds is 7. The Morgan fingerprint density at radius 3 is 2.92 bits per heavy atom. The monoisotopic (exact) mass is 530 g/mol. The molecule has 0 saturated carbocycles. The van der Waals surface area contributed by atoms with E-state index in [-0.39, 0.29) is 28.9 Å². The van der Waals surface area contributed by atoms with Gasteiger partial charge in [0, 0.05) is 34.0 Å². The van der Waals surface area contributed by atoms with Crippen molar-refractivity contribution >= 4 is 57.6 Å². The third kappa shape index (κ3) is 3.93. The molecule has 14 nitrogen and oxygen atoms in total. The minimum atomic E-state index is -1.22. The van der Waals surface area contributed by atoms with Gasteiger partial charge in [0.05, 0.1) is 6.54 Å². The number of pyridine rings is 1. The maximum atomic E-state index is 13.0. The minimum absolute atomic E-state index is 0.0363. The first-order valence-electron chi connectivity index (χ1n) is 10.5. The summed E-state index contributed by atoms with van der Waals surface area (Å²) in [6.45, 7) is 2.17. The van der Waals surface area contributed by atoms with Gasteiger partial charge in [-0.3, -0.25) is 14.5 Å². The summed E-state index contributed by atoms with van der Waals surface area (Å²) in [5.74, 6) is -2.19. The van der Waals surface area contributed by atoms with Gasteiger partial charge in [-0.1, -0.05) is 15.7 Å². The molecule has 2 aliphatic rings. The first-order valence-corrected chi connectivity index (χ1v) is 12.4. The summed E-state index contributed by atoms with van der Waals surface area (Å²) in [5.41, 5.74) is 7.54. The van der Waals surface area contributed by atoms with E-state index in [0.29, 0.717) is 11.3 Å². The number of fused-ring (bicyclic) bond motifs is 2. The third-order valence-corrected chi connectivity index (χ3v) is 7.57. The Kier molecular flexibility index (Phi) is 6.05. The number of aromatic nitrogens is 5. The number of nitrogen functional groups attached to an aromatic ring is 1. The highest BCUT2D eigenvalue weighted by Crippen LogP contribution is 2.40. The number of carboxylic acids is 1. The molecule has 1 fully saturated rings. The lowest BCUT2D eigenvalue weighted by atomic mass is 10.0. The molecule has 0 aliphatic carbocycles. The largest absolute Gasteiger partial charge is 0.477 e. The average Bonchev–Trinajstić information content (AvgIpc) is 3.47. The lowest BCUT2D eigenvalue weighted by Crippen LogP contribution is -2.71. The molecule has 0 spiro atoms. The van der Waals surface area contributed by atoms with E-state index in [4.69, 9.17) is 10.6 Å². The Morgan fingerprint density at radius 2 is 2.22 bits per heavy atom. The maximum Gasteiger partial charge on any atom is 0.352 e. The highest BCUT2D eigenvalue weighted by atomic mass is 32.2. The average molecular weight is 531 g/mol. The van der Waals surface area contributed by atoms with Gasteiger partial charge < -0.3 is 21.0 Å². The van der Waals surface area contributed by atoms with Crippen LogP contribution in [-0.2, 0) is 25.8 Å². The number of nitrogens with one attached hydrogen (secondary N) is 1. The van der Waals surface area contributed by atoms with Crippen molar-refractivity contribution in [2.75, 3.05) is 18.6 Å². The smallest absolute Gasteiger partial charge is 0.352 e. The van der Waals surface area contributed by atoms with E-state index in [1.54, 1.807) is 10.8 Å². The summed E-state index contributed by atoms with van der Waals surface area (Å²) in [4.78, 5) is 48.0. The Hall–Kier alpha value is -4.05. The molecule has 5 rings (SSSR count). The van der Waals surface area contributed by atoms with E-state index < -0.39 is 29.2 Å². The molecular formula is C20H20N9O5S2+. The zero-order valence-electron chi connectivity index (χ0n) is 19.0. The van der Waals surface area contributed by atoms with Crippen molar-refractivity contribution in [2.24, 2.45) is 5.16 Å².